The van der Waals surface area contributed by atoms with Crippen LogP contribution in [0.15, 0.2) is 30.3 Å². The van der Waals surface area contributed by atoms with Gasteiger partial charge in [0.1, 0.15) is 0 Å². The molecule has 0 heterocycles. The van der Waals surface area contributed by atoms with E-state index in [0.29, 0.717) is 0 Å². The Hall–Kier alpha value is -0.710. The second-order valence-corrected chi connectivity index (χ2v) is 6.59. The first-order chi connectivity index (χ1) is 9.53. The second kappa shape index (κ2) is 8.55. The molecule has 5 nitrogen and oxygen atoms in total. The van der Waals surface area contributed by atoms with Gasteiger partial charge >= 0.3 is 7.60 Å². The van der Waals surface area contributed by atoms with E-state index in [1.807, 2.05) is 37.3 Å². The zero-order valence-electron chi connectivity index (χ0n) is 12.3. The van der Waals surface area contributed by atoms with Crippen molar-refractivity contribution in [3.63, 3.8) is 0 Å². The van der Waals surface area contributed by atoms with E-state index >= 15 is 0 Å². The van der Waals surface area contributed by atoms with Gasteiger partial charge in [-0.05, 0) is 26.3 Å². The molecular formula is C14H24NO4P. The van der Waals surface area contributed by atoms with Crippen LogP contribution in [-0.2, 0) is 13.6 Å². The maximum absolute atomic E-state index is 12.3. The standard InChI is InChI=1S/C14H24NO4P/c1-4-18-20(17,19-5-2)14(16)11-15-12(3)13-9-7-6-8-10-13/h6-10,12,14-16H,4-5,11H2,1-3H3/t12-,14+/m0/s1. The first-order valence-corrected chi connectivity index (χ1v) is 8.49. The molecule has 20 heavy (non-hydrogen) atoms. The lowest BCUT2D eigenvalue weighted by Crippen LogP contribution is -2.30. The van der Waals surface area contributed by atoms with Crippen LogP contribution in [0, 0.1) is 0 Å². The topological polar surface area (TPSA) is 67.8 Å². The van der Waals surface area contributed by atoms with Crippen LogP contribution in [0.5, 0.6) is 0 Å². The summed E-state index contributed by atoms with van der Waals surface area (Å²) in [6.45, 7) is 6.05. The summed E-state index contributed by atoms with van der Waals surface area (Å²) in [6.07, 6.45) is 0. The molecule has 0 unspecified atom stereocenters. The van der Waals surface area contributed by atoms with Crippen molar-refractivity contribution in [2.24, 2.45) is 0 Å². The summed E-state index contributed by atoms with van der Waals surface area (Å²) in [5.41, 5.74) is 1.10. The number of benzene rings is 1. The SMILES string of the molecule is CCOP(=O)(OCC)[C@@H](O)CN[C@@H](C)c1ccccc1. The van der Waals surface area contributed by atoms with Crippen molar-refractivity contribution >= 4 is 7.60 Å². The van der Waals surface area contributed by atoms with Gasteiger partial charge < -0.3 is 19.5 Å². The molecule has 0 saturated heterocycles. The third kappa shape index (κ3) is 5.00. The minimum Gasteiger partial charge on any atom is -0.379 e. The van der Waals surface area contributed by atoms with E-state index in [-0.39, 0.29) is 25.8 Å². The van der Waals surface area contributed by atoms with Crippen molar-refractivity contribution in [2.45, 2.75) is 32.7 Å². The normalized spacial score (nSPS) is 15.0. The van der Waals surface area contributed by atoms with Crippen LogP contribution in [-0.4, -0.2) is 30.7 Å². The highest BCUT2D eigenvalue weighted by atomic mass is 31.2. The molecule has 0 aromatic heterocycles. The van der Waals surface area contributed by atoms with Gasteiger partial charge in [-0.2, -0.15) is 0 Å². The quantitative estimate of drug-likeness (QED) is 0.686. The molecule has 114 valence electrons. The second-order valence-electron chi connectivity index (χ2n) is 4.40. The molecule has 1 aromatic rings. The van der Waals surface area contributed by atoms with Gasteiger partial charge in [-0.25, -0.2) is 0 Å². The van der Waals surface area contributed by atoms with Gasteiger partial charge in [0, 0.05) is 12.6 Å². The highest BCUT2D eigenvalue weighted by Gasteiger charge is 2.33. The van der Waals surface area contributed by atoms with Gasteiger partial charge in [0.2, 0.25) is 0 Å². The molecule has 0 saturated carbocycles. The number of rotatable bonds is 9. The van der Waals surface area contributed by atoms with Crippen molar-refractivity contribution in [1.29, 1.82) is 0 Å². The number of hydrogen-bond acceptors (Lipinski definition) is 5. The number of nitrogens with one attached hydrogen (secondary N) is 1. The highest BCUT2D eigenvalue weighted by molar-refractivity contribution is 7.54. The summed E-state index contributed by atoms with van der Waals surface area (Å²) in [7, 11) is -3.47. The lowest BCUT2D eigenvalue weighted by Gasteiger charge is -2.24. The predicted molar refractivity (Wildman–Crippen MR) is 79.7 cm³/mol. The van der Waals surface area contributed by atoms with E-state index in [1.165, 1.54) is 0 Å². The molecule has 0 aliphatic rings. The summed E-state index contributed by atoms with van der Waals surface area (Å²) >= 11 is 0. The molecular weight excluding hydrogens is 277 g/mol. The third-order valence-corrected chi connectivity index (χ3v) is 5.04. The molecule has 0 amide bonds. The average Bonchev–Trinajstić information content (AvgIpc) is 2.45. The number of aliphatic hydroxyl groups excluding tert-OH is 1. The van der Waals surface area contributed by atoms with Crippen molar-refractivity contribution in [3.05, 3.63) is 35.9 Å². The van der Waals surface area contributed by atoms with Crippen molar-refractivity contribution in [2.75, 3.05) is 19.8 Å². The van der Waals surface area contributed by atoms with Gasteiger partial charge in [-0.1, -0.05) is 30.3 Å². The van der Waals surface area contributed by atoms with E-state index in [9.17, 15) is 9.67 Å². The Morgan fingerprint density at radius 3 is 2.25 bits per heavy atom. The van der Waals surface area contributed by atoms with Crippen LogP contribution in [0.2, 0.25) is 0 Å². The fourth-order valence-electron chi connectivity index (χ4n) is 1.82. The van der Waals surface area contributed by atoms with E-state index in [2.05, 4.69) is 5.32 Å². The van der Waals surface area contributed by atoms with Crippen LogP contribution in [0.25, 0.3) is 0 Å². The average molecular weight is 301 g/mol. The summed E-state index contributed by atoms with van der Waals surface area (Å²) < 4.78 is 22.6. The first kappa shape index (κ1) is 17.3. The molecule has 2 atom stereocenters. The maximum Gasteiger partial charge on any atom is 0.360 e. The summed E-state index contributed by atoms with van der Waals surface area (Å²) in [6, 6.07) is 9.89. The molecule has 6 heteroatoms. The van der Waals surface area contributed by atoms with Crippen LogP contribution in [0.4, 0.5) is 0 Å². The third-order valence-electron chi connectivity index (χ3n) is 2.89. The Bertz CT molecular complexity index is 416. The summed E-state index contributed by atoms with van der Waals surface area (Å²) in [4.78, 5) is 0. The van der Waals surface area contributed by atoms with Crippen LogP contribution < -0.4 is 5.32 Å². The molecule has 0 spiro atoms. The Kier molecular flexibility index (Phi) is 7.41. The number of aliphatic hydroxyl groups is 1. The van der Waals surface area contributed by atoms with Crippen molar-refractivity contribution < 1.29 is 18.7 Å². The Morgan fingerprint density at radius 1 is 1.20 bits per heavy atom. The molecule has 0 bridgehead atoms. The first-order valence-electron chi connectivity index (χ1n) is 6.88. The molecule has 1 rings (SSSR count). The largest absolute Gasteiger partial charge is 0.379 e. The Labute approximate surface area is 120 Å². The maximum atomic E-state index is 12.3. The lowest BCUT2D eigenvalue weighted by atomic mass is 10.1. The van der Waals surface area contributed by atoms with Gasteiger partial charge in [-0.15, -0.1) is 0 Å². The summed E-state index contributed by atoms with van der Waals surface area (Å²) in [5, 5.41) is 13.2. The minimum absolute atomic E-state index is 0.0440. The lowest BCUT2D eigenvalue weighted by molar-refractivity contribution is 0.146. The van der Waals surface area contributed by atoms with Gasteiger partial charge in [0.05, 0.1) is 13.2 Å². The van der Waals surface area contributed by atoms with Crippen LogP contribution >= 0.6 is 7.60 Å². The molecule has 0 aliphatic carbocycles. The zero-order chi connectivity index (χ0) is 15.0. The predicted octanol–water partition coefficient (Wildman–Crippen LogP) is 2.92. The van der Waals surface area contributed by atoms with Gasteiger partial charge in [-0.3, -0.25) is 4.57 Å². The van der Waals surface area contributed by atoms with E-state index in [0.717, 1.165) is 5.56 Å². The molecule has 0 fully saturated rings. The van der Waals surface area contributed by atoms with E-state index in [1.54, 1.807) is 13.8 Å². The fraction of sp³-hybridized carbons (Fsp3) is 0.571. The minimum atomic E-state index is -3.47. The highest BCUT2D eigenvalue weighted by Crippen LogP contribution is 2.51. The molecule has 2 N–H and O–H groups in total. The smallest absolute Gasteiger partial charge is 0.360 e. The van der Waals surface area contributed by atoms with E-state index in [4.69, 9.17) is 9.05 Å². The number of hydrogen-bond donors (Lipinski definition) is 2. The molecule has 0 aliphatic heterocycles. The van der Waals surface area contributed by atoms with Gasteiger partial charge in [0.25, 0.3) is 0 Å². The Balaban J connectivity index is 2.57. The van der Waals surface area contributed by atoms with Crippen LogP contribution in [0.3, 0.4) is 0 Å². The monoisotopic (exact) mass is 301 g/mol. The van der Waals surface area contributed by atoms with Crippen molar-refractivity contribution in [1.82, 2.24) is 5.32 Å². The zero-order valence-corrected chi connectivity index (χ0v) is 13.2. The Morgan fingerprint density at radius 2 is 1.75 bits per heavy atom. The van der Waals surface area contributed by atoms with Crippen molar-refractivity contribution in [3.8, 4) is 0 Å². The summed E-state index contributed by atoms with van der Waals surface area (Å²) in [5.74, 6) is -1.17. The fourth-order valence-corrected chi connectivity index (χ4v) is 3.29. The van der Waals surface area contributed by atoms with Crippen LogP contribution in [0.1, 0.15) is 32.4 Å². The molecule has 1 aromatic carbocycles. The molecule has 0 radical (unpaired) electrons. The van der Waals surface area contributed by atoms with E-state index < -0.39 is 13.4 Å². The van der Waals surface area contributed by atoms with Gasteiger partial charge in [0.15, 0.2) is 5.85 Å².